The molecule has 0 radical (unpaired) electrons. The maximum absolute atomic E-state index is 10.7. The third-order valence-corrected chi connectivity index (χ3v) is 3.55. The predicted molar refractivity (Wildman–Crippen MR) is 86.1 cm³/mol. The van der Waals surface area contributed by atoms with Gasteiger partial charge in [0, 0.05) is 30.6 Å². The number of benzene rings is 1. The van der Waals surface area contributed by atoms with Crippen molar-refractivity contribution in [1.82, 2.24) is 10.6 Å². The number of halogens is 2. The van der Waals surface area contributed by atoms with Gasteiger partial charge in [-0.2, -0.15) is 0 Å². The van der Waals surface area contributed by atoms with Crippen LogP contribution >= 0.6 is 23.2 Å². The fourth-order valence-corrected chi connectivity index (χ4v) is 2.66. The van der Waals surface area contributed by atoms with Gasteiger partial charge in [-0.15, -0.1) is 0 Å². The maximum Gasteiger partial charge on any atom is 0.216 e. The van der Waals surface area contributed by atoms with E-state index in [4.69, 9.17) is 27.9 Å². The van der Waals surface area contributed by atoms with Crippen LogP contribution in [0, 0.1) is 0 Å². The smallest absolute Gasteiger partial charge is 0.216 e. The minimum atomic E-state index is 0.00348. The fourth-order valence-electron chi connectivity index (χ4n) is 2.10. The number of nitrogens with one attached hydrogen (secondary N) is 2. The summed E-state index contributed by atoms with van der Waals surface area (Å²) in [6.45, 7) is 4.30. The molecule has 1 heterocycles. The van der Waals surface area contributed by atoms with Crippen LogP contribution in [0.4, 0.5) is 0 Å². The lowest BCUT2D eigenvalue weighted by atomic mass is 10.1. The van der Waals surface area contributed by atoms with E-state index in [-0.39, 0.29) is 5.91 Å². The van der Waals surface area contributed by atoms with E-state index in [2.05, 4.69) is 16.7 Å². The molecule has 1 aliphatic heterocycles. The van der Waals surface area contributed by atoms with Gasteiger partial charge in [-0.1, -0.05) is 23.2 Å². The highest BCUT2D eigenvalue weighted by molar-refractivity contribution is 6.36. The first-order valence-corrected chi connectivity index (χ1v) is 7.58. The molecule has 0 atom stereocenters. The summed E-state index contributed by atoms with van der Waals surface area (Å²) in [7, 11) is 0. The summed E-state index contributed by atoms with van der Waals surface area (Å²) in [5.74, 6) is 0.694. The molecule has 114 valence electrons. The summed E-state index contributed by atoms with van der Waals surface area (Å²) < 4.78 is 5.68. The lowest BCUT2D eigenvalue weighted by molar-refractivity contribution is -0.118. The van der Waals surface area contributed by atoms with Crippen molar-refractivity contribution in [3.8, 4) is 5.75 Å². The van der Waals surface area contributed by atoms with Gasteiger partial charge in [0.05, 0.1) is 5.02 Å². The third kappa shape index (κ3) is 4.92. The van der Waals surface area contributed by atoms with E-state index in [1.807, 2.05) is 6.07 Å². The van der Waals surface area contributed by atoms with Crippen LogP contribution in [0.3, 0.4) is 0 Å². The van der Waals surface area contributed by atoms with E-state index in [1.54, 1.807) is 6.07 Å². The summed E-state index contributed by atoms with van der Waals surface area (Å²) in [6, 6.07) is 3.53. The normalized spacial score (nSPS) is 13.2. The summed E-state index contributed by atoms with van der Waals surface area (Å²) in [6.07, 6.45) is 2.94. The maximum atomic E-state index is 10.7. The zero-order valence-electron chi connectivity index (χ0n) is 11.8. The third-order valence-electron chi connectivity index (χ3n) is 3.05. The Labute approximate surface area is 134 Å². The molecule has 4 nitrogen and oxygen atoms in total. The van der Waals surface area contributed by atoms with E-state index in [1.165, 1.54) is 6.92 Å². The fraction of sp³-hybridized carbons (Fsp3) is 0.400. The minimum absolute atomic E-state index is 0.00348. The van der Waals surface area contributed by atoms with Crippen molar-refractivity contribution in [3.05, 3.63) is 33.3 Å². The number of hydrogen-bond acceptors (Lipinski definition) is 3. The molecular weight excluding hydrogens is 311 g/mol. The molecule has 2 rings (SSSR count). The molecule has 1 aromatic carbocycles. The molecule has 0 fully saturated rings. The van der Waals surface area contributed by atoms with Crippen molar-refractivity contribution in [3.63, 3.8) is 0 Å². The number of fused-ring (bicyclic) bond motifs is 1. The number of ether oxygens (including phenoxy) is 1. The van der Waals surface area contributed by atoms with Gasteiger partial charge in [0.25, 0.3) is 0 Å². The van der Waals surface area contributed by atoms with Crippen LogP contribution in [0.25, 0.3) is 6.08 Å². The molecule has 21 heavy (non-hydrogen) atoms. The Kier molecular flexibility index (Phi) is 5.91. The Hall–Kier alpha value is -1.23. The van der Waals surface area contributed by atoms with Gasteiger partial charge in [0.15, 0.2) is 0 Å². The van der Waals surface area contributed by atoms with Crippen LogP contribution in [-0.2, 0) is 4.79 Å². The first kappa shape index (κ1) is 16.1. The number of carbonyl (C=O) groups is 1. The highest BCUT2D eigenvalue weighted by Gasteiger charge is 2.15. The van der Waals surface area contributed by atoms with Gasteiger partial charge in [0.2, 0.25) is 5.91 Å². The van der Waals surface area contributed by atoms with Crippen LogP contribution < -0.4 is 15.4 Å². The van der Waals surface area contributed by atoms with Crippen LogP contribution in [-0.4, -0.2) is 32.1 Å². The zero-order chi connectivity index (χ0) is 15.2. The SMILES string of the molecule is CC(=O)NCCCNCC1=Cc2cc(Cl)cc(Cl)c2OC1. The zero-order valence-corrected chi connectivity index (χ0v) is 13.4. The first-order valence-electron chi connectivity index (χ1n) is 6.82. The Morgan fingerprint density at radius 2 is 2.14 bits per heavy atom. The molecular formula is C15H18Cl2N2O2. The predicted octanol–water partition coefficient (Wildman–Crippen LogP) is 2.89. The highest BCUT2D eigenvalue weighted by atomic mass is 35.5. The summed E-state index contributed by atoms with van der Waals surface area (Å²) in [4.78, 5) is 10.7. The first-order chi connectivity index (χ1) is 10.1. The minimum Gasteiger partial charge on any atom is -0.487 e. The van der Waals surface area contributed by atoms with Crippen LogP contribution in [0.2, 0.25) is 10.0 Å². The summed E-state index contributed by atoms with van der Waals surface area (Å²) >= 11 is 12.1. The van der Waals surface area contributed by atoms with E-state index < -0.39 is 0 Å². The molecule has 1 amide bonds. The monoisotopic (exact) mass is 328 g/mol. The van der Waals surface area contributed by atoms with Crippen molar-refractivity contribution in [2.45, 2.75) is 13.3 Å². The lowest BCUT2D eigenvalue weighted by Gasteiger charge is -2.19. The van der Waals surface area contributed by atoms with Gasteiger partial charge in [-0.3, -0.25) is 4.79 Å². The van der Waals surface area contributed by atoms with Crippen molar-refractivity contribution >= 4 is 35.2 Å². The summed E-state index contributed by atoms with van der Waals surface area (Å²) in [5, 5.41) is 7.22. The highest BCUT2D eigenvalue weighted by Crippen LogP contribution is 2.36. The van der Waals surface area contributed by atoms with Crippen molar-refractivity contribution in [2.75, 3.05) is 26.2 Å². The second-order valence-electron chi connectivity index (χ2n) is 4.91. The van der Waals surface area contributed by atoms with E-state index >= 15 is 0 Å². The van der Waals surface area contributed by atoms with Crippen molar-refractivity contribution in [1.29, 1.82) is 0 Å². The Morgan fingerprint density at radius 1 is 1.33 bits per heavy atom. The van der Waals surface area contributed by atoms with E-state index in [0.29, 0.717) is 28.9 Å². The number of carbonyl (C=O) groups excluding carboxylic acids is 1. The van der Waals surface area contributed by atoms with E-state index in [9.17, 15) is 4.79 Å². The van der Waals surface area contributed by atoms with Gasteiger partial charge in [0.1, 0.15) is 12.4 Å². The Morgan fingerprint density at radius 3 is 2.90 bits per heavy atom. The standard InChI is InChI=1S/C15H18Cl2N2O2/c1-10(20)19-4-2-3-18-8-11-5-12-6-13(16)7-14(17)15(12)21-9-11/h5-7,18H,2-4,8-9H2,1H3,(H,19,20). The summed E-state index contributed by atoms with van der Waals surface area (Å²) in [5.41, 5.74) is 2.05. The average Bonchev–Trinajstić information content (AvgIpc) is 2.41. The van der Waals surface area contributed by atoms with Gasteiger partial charge < -0.3 is 15.4 Å². The molecule has 0 unspecified atom stereocenters. The molecule has 0 saturated heterocycles. The number of hydrogen-bond donors (Lipinski definition) is 2. The molecule has 0 saturated carbocycles. The Bertz CT molecular complexity index is 559. The molecule has 0 aromatic heterocycles. The number of amides is 1. The lowest BCUT2D eigenvalue weighted by Crippen LogP contribution is -2.27. The number of rotatable bonds is 6. The molecule has 0 spiro atoms. The van der Waals surface area contributed by atoms with Gasteiger partial charge >= 0.3 is 0 Å². The van der Waals surface area contributed by atoms with Crippen LogP contribution in [0.5, 0.6) is 5.75 Å². The van der Waals surface area contributed by atoms with Crippen molar-refractivity contribution < 1.29 is 9.53 Å². The van der Waals surface area contributed by atoms with Crippen LogP contribution in [0.15, 0.2) is 17.7 Å². The van der Waals surface area contributed by atoms with Crippen molar-refractivity contribution in [2.24, 2.45) is 0 Å². The largest absolute Gasteiger partial charge is 0.487 e. The molecule has 1 aliphatic rings. The van der Waals surface area contributed by atoms with E-state index in [0.717, 1.165) is 30.6 Å². The molecule has 0 bridgehead atoms. The van der Waals surface area contributed by atoms with Gasteiger partial charge in [-0.25, -0.2) is 0 Å². The average molecular weight is 329 g/mol. The topological polar surface area (TPSA) is 50.4 Å². The molecule has 1 aromatic rings. The molecule has 2 N–H and O–H groups in total. The Balaban J connectivity index is 1.82. The second kappa shape index (κ2) is 7.69. The van der Waals surface area contributed by atoms with Crippen LogP contribution in [0.1, 0.15) is 18.9 Å². The quantitative estimate of drug-likeness (QED) is 0.789. The molecule has 0 aliphatic carbocycles. The second-order valence-corrected chi connectivity index (χ2v) is 5.75. The van der Waals surface area contributed by atoms with Gasteiger partial charge in [-0.05, 0) is 36.7 Å². The molecule has 6 heteroatoms.